The van der Waals surface area contributed by atoms with E-state index in [1.54, 1.807) is 6.07 Å². The molecule has 0 aromatic heterocycles. The van der Waals surface area contributed by atoms with Crippen molar-refractivity contribution in [1.82, 2.24) is 0 Å². The molecule has 0 heterocycles. The van der Waals surface area contributed by atoms with Gasteiger partial charge in [0.2, 0.25) is 0 Å². The van der Waals surface area contributed by atoms with Crippen molar-refractivity contribution >= 4 is 72.1 Å². The molecule has 0 atom stereocenters. The van der Waals surface area contributed by atoms with Crippen molar-refractivity contribution in [2.75, 3.05) is 9.80 Å². The molecule has 0 saturated heterocycles. The Morgan fingerprint density at radius 1 is 0.292 bits per heavy atom. The zero-order valence-electron chi connectivity index (χ0n) is 35.3. The number of benzene rings is 11. The predicted octanol–water partition coefficient (Wildman–Crippen LogP) is 17.0. The van der Waals surface area contributed by atoms with E-state index >= 15 is 0 Å². The maximum absolute atomic E-state index is 12.9. The molecule has 308 valence electrons. The minimum absolute atomic E-state index is 0.0607. The summed E-state index contributed by atoms with van der Waals surface area (Å²) in [7, 11) is 0. The van der Waals surface area contributed by atoms with Crippen molar-refractivity contribution in [1.29, 1.82) is 0 Å². The Bertz CT molecular complexity index is 3520. The first-order valence-electron chi connectivity index (χ1n) is 21.8. The van der Waals surface area contributed by atoms with Crippen LogP contribution in [-0.4, -0.2) is 4.92 Å². The highest BCUT2D eigenvalue weighted by Gasteiger charge is 2.21. The fourth-order valence-corrected chi connectivity index (χ4v) is 9.15. The van der Waals surface area contributed by atoms with Crippen LogP contribution < -0.4 is 9.80 Å². The number of rotatable bonds is 10. The molecule has 5 heteroatoms. The lowest BCUT2D eigenvalue weighted by Gasteiger charge is -2.26. The molecule has 0 spiro atoms. The van der Waals surface area contributed by atoms with Crippen molar-refractivity contribution in [2.45, 2.75) is 0 Å². The van der Waals surface area contributed by atoms with Crippen LogP contribution in [0, 0.1) is 10.1 Å². The third kappa shape index (κ3) is 7.51. The third-order valence-corrected chi connectivity index (χ3v) is 12.3. The normalized spacial score (nSPS) is 11.2. The molecule has 11 rings (SSSR count). The van der Waals surface area contributed by atoms with Gasteiger partial charge in [0.1, 0.15) is 0 Å². The number of para-hydroxylation sites is 2. The van der Waals surface area contributed by atoms with Gasteiger partial charge in [0.05, 0.1) is 10.5 Å². The number of hydrogen-bond acceptors (Lipinski definition) is 4. The molecule has 0 N–H and O–H groups in total. The van der Waals surface area contributed by atoms with E-state index in [0.717, 1.165) is 78.1 Å². The van der Waals surface area contributed by atoms with E-state index in [-0.39, 0.29) is 10.6 Å². The van der Waals surface area contributed by atoms with Crippen LogP contribution in [0.1, 0.15) is 0 Å². The summed E-state index contributed by atoms with van der Waals surface area (Å²) in [6.45, 7) is 0. The second kappa shape index (κ2) is 16.8. The summed E-state index contributed by atoms with van der Waals surface area (Å²) in [5.74, 6) is 0. The molecule has 0 aliphatic heterocycles. The van der Waals surface area contributed by atoms with Crippen LogP contribution in [0.15, 0.2) is 249 Å². The number of nitro groups is 1. The number of nitrogens with zero attached hydrogens (tertiary/aromatic N) is 3. The molecule has 0 fully saturated rings. The topological polar surface area (TPSA) is 49.6 Å². The highest BCUT2D eigenvalue weighted by atomic mass is 16.6. The van der Waals surface area contributed by atoms with Crippen LogP contribution in [0.25, 0.3) is 65.7 Å². The maximum Gasteiger partial charge on any atom is 0.277 e. The molecule has 0 amide bonds. The zero-order valence-corrected chi connectivity index (χ0v) is 35.3. The van der Waals surface area contributed by atoms with E-state index in [0.29, 0.717) is 5.56 Å². The van der Waals surface area contributed by atoms with Gasteiger partial charge in [-0.2, -0.15) is 0 Å². The van der Waals surface area contributed by atoms with Gasteiger partial charge in [0, 0.05) is 40.2 Å². The predicted molar refractivity (Wildman–Crippen MR) is 271 cm³/mol. The summed E-state index contributed by atoms with van der Waals surface area (Å²) in [4.78, 5) is 17.2. The van der Waals surface area contributed by atoms with E-state index in [1.807, 2.05) is 66.7 Å². The highest BCUT2D eigenvalue weighted by Crippen LogP contribution is 2.43. The molecule has 0 bridgehead atoms. The number of nitro benzene ring substituents is 1. The number of anilines is 6. The summed E-state index contributed by atoms with van der Waals surface area (Å²) in [5.41, 5.74) is 11.5. The first-order valence-corrected chi connectivity index (χ1v) is 21.8. The average molecular weight is 836 g/mol. The maximum atomic E-state index is 12.9. The van der Waals surface area contributed by atoms with Crippen LogP contribution in [0.5, 0.6) is 0 Å². The molecule has 11 aromatic carbocycles. The molecule has 0 saturated carbocycles. The Morgan fingerprint density at radius 3 is 1.20 bits per heavy atom. The van der Waals surface area contributed by atoms with Gasteiger partial charge >= 0.3 is 0 Å². The summed E-state index contributed by atoms with van der Waals surface area (Å²) >= 11 is 0. The van der Waals surface area contributed by atoms with Crippen molar-refractivity contribution in [3.05, 3.63) is 259 Å². The van der Waals surface area contributed by atoms with Gasteiger partial charge < -0.3 is 9.80 Å². The minimum atomic E-state index is -0.264. The second-order valence-corrected chi connectivity index (χ2v) is 16.2. The van der Waals surface area contributed by atoms with Gasteiger partial charge in [0.15, 0.2) is 0 Å². The summed E-state index contributed by atoms with van der Waals surface area (Å²) in [5, 5.41) is 19.6. The molecular formula is C60H41N3O2. The summed E-state index contributed by atoms with van der Waals surface area (Å²) in [6, 6.07) is 85.4. The fourth-order valence-electron chi connectivity index (χ4n) is 9.15. The van der Waals surface area contributed by atoms with Crippen molar-refractivity contribution in [3.8, 4) is 33.4 Å². The van der Waals surface area contributed by atoms with Crippen molar-refractivity contribution < 1.29 is 4.92 Å². The van der Waals surface area contributed by atoms with Crippen LogP contribution in [0.3, 0.4) is 0 Å². The van der Waals surface area contributed by atoms with Gasteiger partial charge in [-0.05, 0) is 139 Å². The summed E-state index contributed by atoms with van der Waals surface area (Å²) < 4.78 is 0. The van der Waals surface area contributed by atoms with Crippen molar-refractivity contribution in [2.24, 2.45) is 0 Å². The van der Waals surface area contributed by atoms with Crippen LogP contribution >= 0.6 is 0 Å². The van der Waals surface area contributed by atoms with Gasteiger partial charge in [-0.3, -0.25) is 10.1 Å². The lowest BCUT2D eigenvalue weighted by molar-refractivity contribution is -0.384. The Hall–Kier alpha value is -8.80. The molecule has 5 nitrogen and oxygen atoms in total. The quantitative estimate of drug-likeness (QED) is 0.102. The lowest BCUT2D eigenvalue weighted by atomic mass is 9.90. The minimum Gasteiger partial charge on any atom is -0.310 e. The smallest absolute Gasteiger partial charge is 0.277 e. The van der Waals surface area contributed by atoms with E-state index < -0.39 is 0 Å². The van der Waals surface area contributed by atoms with E-state index in [1.165, 1.54) is 16.2 Å². The molecule has 0 aliphatic rings. The Labute approximate surface area is 377 Å². The summed E-state index contributed by atoms with van der Waals surface area (Å²) in [6.07, 6.45) is 0. The fraction of sp³-hybridized carbons (Fsp3) is 0. The monoisotopic (exact) mass is 835 g/mol. The largest absolute Gasteiger partial charge is 0.310 e. The van der Waals surface area contributed by atoms with Crippen LogP contribution in [-0.2, 0) is 0 Å². The average Bonchev–Trinajstić information content (AvgIpc) is 3.37. The second-order valence-electron chi connectivity index (χ2n) is 16.2. The van der Waals surface area contributed by atoms with Crippen LogP contribution in [0.2, 0.25) is 0 Å². The van der Waals surface area contributed by atoms with Gasteiger partial charge in [-0.15, -0.1) is 0 Å². The lowest BCUT2D eigenvalue weighted by Crippen LogP contribution is -2.09. The van der Waals surface area contributed by atoms with Gasteiger partial charge in [-0.25, -0.2) is 0 Å². The Balaban J connectivity index is 0.922. The SMILES string of the molecule is O=[N+]([O-])c1cc(-c2ccc(N(c3ccccc3)c3ccc4ccccc4c3)cc2)ccc1-c1ccc(-c2ccc(N(c3ccccc3)c3ccc4ccccc4c3)cc2)c2ccccc12. The van der Waals surface area contributed by atoms with Gasteiger partial charge in [0.25, 0.3) is 5.69 Å². The number of hydrogen-bond donors (Lipinski definition) is 0. The highest BCUT2D eigenvalue weighted by molar-refractivity contribution is 6.06. The first kappa shape index (κ1) is 39.1. The molecule has 11 aromatic rings. The standard InChI is InChI=1S/C60H41N3O2/c64-63(65)60-41-48(44-23-30-51(31-24-44)61(49-17-3-1-4-18-49)53-34-25-42-13-7-9-15-46(42)39-53)29-36-59(60)58-38-37-55(56-21-11-12-22-57(56)58)45-27-32-52(33-28-45)62(50-19-5-2-6-20-50)54-35-26-43-14-8-10-16-47(43)40-54/h1-41H. The van der Waals surface area contributed by atoms with E-state index in [9.17, 15) is 10.1 Å². The van der Waals surface area contributed by atoms with Crippen molar-refractivity contribution in [3.63, 3.8) is 0 Å². The Kier molecular flexibility index (Phi) is 10.1. The van der Waals surface area contributed by atoms with Gasteiger partial charge in [-0.1, -0.05) is 164 Å². The third-order valence-electron chi connectivity index (χ3n) is 12.3. The number of fused-ring (bicyclic) bond motifs is 3. The first-order chi connectivity index (χ1) is 32.1. The van der Waals surface area contributed by atoms with Crippen LogP contribution in [0.4, 0.5) is 39.8 Å². The Morgan fingerprint density at radius 2 is 0.677 bits per heavy atom. The van der Waals surface area contributed by atoms with E-state index in [4.69, 9.17) is 0 Å². The molecule has 0 radical (unpaired) electrons. The molecular weight excluding hydrogens is 795 g/mol. The molecule has 65 heavy (non-hydrogen) atoms. The molecule has 0 aliphatic carbocycles. The zero-order chi connectivity index (χ0) is 43.7. The molecule has 0 unspecified atom stereocenters. The van der Waals surface area contributed by atoms with E-state index in [2.05, 4.69) is 186 Å².